The lowest BCUT2D eigenvalue weighted by molar-refractivity contribution is -0.128. The summed E-state index contributed by atoms with van der Waals surface area (Å²) in [5.74, 6) is 0.656. The summed E-state index contributed by atoms with van der Waals surface area (Å²) in [5.41, 5.74) is 1.31. The number of halogens is 1. The first-order valence-corrected chi connectivity index (χ1v) is 8.83. The molecule has 5 nitrogen and oxygen atoms in total. The molecule has 0 spiro atoms. The average Bonchev–Trinajstić information content (AvgIpc) is 2.37. The van der Waals surface area contributed by atoms with Crippen LogP contribution < -0.4 is 4.74 Å². The Labute approximate surface area is 130 Å². The summed E-state index contributed by atoms with van der Waals surface area (Å²) in [6.07, 6.45) is 1.02. The Balaban J connectivity index is 2.70. The Morgan fingerprint density at radius 1 is 1.24 bits per heavy atom. The molecule has 0 radical (unpaired) electrons. The first-order chi connectivity index (χ1) is 9.64. The molecule has 0 aliphatic carbocycles. The summed E-state index contributed by atoms with van der Waals surface area (Å²) in [6.45, 7) is 3.86. The van der Waals surface area contributed by atoms with Gasteiger partial charge in [0.25, 0.3) is 9.05 Å². The molecule has 0 saturated heterocycles. The average molecular weight is 334 g/mol. The summed E-state index contributed by atoms with van der Waals surface area (Å²) in [5, 5.41) is 0. The van der Waals surface area contributed by atoms with Crippen molar-refractivity contribution in [2.45, 2.75) is 31.6 Å². The van der Waals surface area contributed by atoms with Gasteiger partial charge in [-0.25, -0.2) is 8.42 Å². The van der Waals surface area contributed by atoms with E-state index in [0.29, 0.717) is 30.8 Å². The highest BCUT2D eigenvalue weighted by Crippen LogP contribution is 2.29. The van der Waals surface area contributed by atoms with Crippen LogP contribution in [-0.2, 0) is 13.8 Å². The molecular formula is C14H20ClNO4S. The second kappa shape index (κ2) is 7.13. The van der Waals surface area contributed by atoms with Crippen LogP contribution in [0.2, 0.25) is 0 Å². The van der Waals surface area contributed by atoms with E-state index < -0.39 is 9.05 Å². The third-order valence-electron chi connectivity index (χ3n) is 3.24. The molecule has 1 amide bonds. The molecule has 0 atom stereocenters. The topological polar surface area (TPSA) is 63.7 Å². The molecule has 0 fully saturated rings. The molecule has 0 aliphatic heterocycles. The van der Waals surface area contributed by atoms with Crippen LogP contribution in [0.15, 0.2) is 17.0 Å². The van der Waals surface area contributed by atoms with Gasteiger partial charge in [0.05, 0.1) is 11.5 Å². The SMILES string of the molecule is Cc1c(OCCCC(=O)N(C)C)ccc(S(=O)(=O)Cl)c1C. The fraction of sp³-hybridized carbons (Fsp3) is 0.500. The molecule has 118 valence electrons. The molecule has 0 aromatic heterocycles. The molecule has 0 N–H and O–H groups in total. The number of nitrogens with zero attached hydrogens (tertiary/aromatic N) is 1. The third-order valence-corrected chi connectivity index (χ3v) is 4.71. The highest BCUT2D eigenvalue weighted by Gasteiger charge is 2.17. The van der Waals surface area contributed by atoms with Crippen molar-refractivity contribution in [3.8, 4) is 5.75 Å². The van der Waals surface area contributed by atoms with Crippen molar-refractivity contribution in [3.05, 3.63) is 23.3 Å². The maximum atomic E-state index is 11.4. The van der Waals surface area contributed by atoms with Crippen LogP contribution in [0.4, 0.5) is 0 Å². The van der Waals surface area contributed by atoms with Gasteiger partial charge in [-0.3, -0.25) is 4.79 Å². The number of rotatable bonds is 6. The predicted molar refractivity (Wildman–Crippen MR) is 82.4 cm³/mol. The van der Waals surface area contributed by atoms with E-state index in [4.69, 9.17) is 15.4 Å². The van der Waals surface area contributed by atoms with Crippen molar-refractivity contribution in [2.75, 3.05) is 20.7 Å². The molecule has 0 saturated carbocycles. The summed E-state index contributed by atoms with van der Waals surface area (Å²) < 4.78 is 28.4. The Hall–Kier alpha value is -1.27. The standard InChI is InChI=1S/C14H20ClNO4S/c1-10-11(2)13(21(15,18)19)8-7-12(10)20-9-5-6-14(17)16(3)4/h7-8H,5-6,9H2,1-4H3. The Morgan fingerprint density at radius 3 is 2.38 bits per heavy atom. The zero-order chi connectivity index (χ0) is 16.2. The summed E-state index contributed by atoms with van der Waals surface area (Å²) in [7, 11) is 5.04. The maximum Gasteiger partial charge on any atom is 0.261 e. The van der Waals surface area contributed by atoms with Gasteiger partial charge in [0, 0.05) is 31.2 Å². The number of benzene rings is 1. The number of amides is 1. The lowest BCUT2D eigenvalue weighted by Crippen LogP contribution is -2.21. The fourth-order valence-corrected chi connectivity index (χ4v) is 3.07. The van der Waals surface area contributed by atoms with Crippen LogP contribution in [0.1, 0.15) is 24.0 Å². The van der Waals surface area contributed by atoms with Crippen molar-refractivity contribution >= 4 is 25.6 Å². The number of carbonyl (C=O) groups excluding carboxylic acids is 1. The van der Waals surface area contributed by atoms with Gasteiger partial charge >= 0.3 is 0 Å². The highest BCUT2D eigenvalue weighted by atomic mass is 35.7. The van der Waals surface area contributed by atoms with Gasteiger partial charge in [0.15, 0.2) is 0 Å². The van der Waals surface area contributed by atoms with E-state index in [-0.39, 0.29) is 10.8 Å². The summed E-state index contributed by atoms with van der Waals surface area (Å²) >= 11 is 0. The van der Waals surface area contributed by atoms with Crippen molar-refractivity contribution in [1.82, 2.24) is 4.90 Å². The molecule has 1 rings (SSSR count). The molecule has 0 unspecified atom stereocenters. The lowest BCUT2D eigenvalue weighted by Gasteiger charge is -2.14. The van der Waals surface area contributed by atoms with E-state index >= 15 is 0 Å². The Kier molecular flexibility index (Phi) is 6.04. The fourth-order valence-electron chi connectivity index (χ4n) is 1.82. The van der Waals surface area contributed by atoms with Crippen molar-refractivity contribution in [3.63, 3.8) is 0 Å². The van der Waals surface area contributed by atoms with E-state index in [2.05, 4.69) is 0 Å². The smallest absolute Gasteiger partial charge is 0.261 e. The first kappa shape index (κ1) is 17.8. The number of ether oxygens (including phenoxy) is 1. The third kappa shape index (κ3) is 4.89. The van der Waals surface area contributed by atoms with E-state index in [1.54, 1.807) is 34.0 Å². The van der Waals surface area contributed by atoms with Gasteiger partial charge in [-0.2, -0.15) is 0 Å². The van der Waals surface area contributed by atoms with E-state index in [9.17, 15) is 13.2 Å². The molecule has 0 aliphatic rings. The molecule has 7 heteroatoms. The normalized spacial score (nSPS) is 11.3. The van der Waals surface area contributed by atoms with Crippen LogP contribution in [0.3, 0.4) is 0 Å². The molecular weight excluding hydrogens is 314 g/mol. The minimum Gasteiger partial charge on any atom is -0.493 e. The number of hydrogen-bond donors (Lipinski definition) is 0. The maximum absolute atomic E-state index is 11.4. The van der Waals surface area contributed by atoms with Gasteiger partial charge in [-0.15, -0.1) is 0 Å². The first-order valence-electron chi connectivity index (χ1n) is 6.52. The van der Waals surface area contributed by atoms with Crippen LogP contribution in [0.25, 0.3) is 0 Å². The Morgan fingerprint density at radius 2 is 1.86 bits per heavy atom. The van der Waals surface area contributed by atoms with Crippen molar-refractivity contribution in [2.24, 2.45) is 0 Å². The van der Waals surface area contributed by atoms with Gasteiger partial charge in [-0.1, -0.05) is 0 Å². The lowest BCUT2D eigenvalue weighted by atomic mass is 10.1. The van der Waals surface area contributed by atoms with Gasteiger partial charge in [-0.05, 0) is 43.5 Å². The van der Waals surface area contributed by atoms with E-state index in [1.165, 1.54) is 11.0 Å². The largest absolute Gasteiger partial charge is 0.493 e. The molecule has 21 heavy (non-hydrogen) atoms. The highest BCUT2D eigenvalue weighted by molar-refractivity contribution is 8.13. The van der Waals surface area contributed by atoms with E-state index in [1.807, 2.05) is 0 Å². The Bertz CT molecular complexity index is 626. The zero-order valence-electron chi connectivity index (χ0n) is 12.6. The molecule has 0 heterocycles. The predicted octanol–water partition coefficient (Wildman–Crippen LogP) is 2.48. The molecule has 1 aromatic rings. The second-order valence-electron chi connectivity index (χ2n) is 4.99. The molecule has 0 bridgehead atoms. The quantitative estimate of drug-likeness (QED) is 0.592. The van der Waals surface area contributed by atoms with Crippen molar-refractivity contribution in [1.29, 1.82) is 0 Å². The monoisotopic (exact) mass is 333 g/mol. The van der Waals surface area contributed by atoms with Gasteiger partial charge in [0.2, 0.25) is 5.91 Å². The minimum atomic E-state index is -3.75. The minimum absolute atomic E-state index is 0.0510. The van der Waals surface area contributed by atoms with Gasteiger partial charge in [0.1, 0.15) is 5.75 Å². The number of carbonyl (C=O) groups is 1. The summed E-state index contributed by atoms with van der Waals surface area (Å²) in [4.78, 5) is 13.1. The van der Waals surface area contributed by atoms with Crippen LogP contribution in [0, 0.1) is 13.8 Å². The van der Waals surface area contributed by atoms with Crippen LogP contribution in [0.5, 0.6) is 5.75 Å². The van der Waals surface area contributed by atoms with E-state index in [0.717, 1.165) is 5.56 Å². The molecule has 1 aromatic carbocycles. The summed E-state index contributed by atoms with van der Waals surface area (Å²) in [6, 6.07) is 3.02. The number of hydrogen-bond acceptors (Lipinski definition) is 4. The second-order valence-corrected chi connectivity index (χ2v) is 7.52. The van der Waals surface area contributed by atoms with Crippen LogP contribution in [-0.4, -0.2) is 39.9 Å². The van der Waals surface area contributed by atoms with Crippen LogP contribution >= 0.6 is 10.7 Å². The zero-order valence-corrected chi connectivity index (χ0v) is 14.2. The van der Waals surface area contributed by atoms with Gasteiger partial charge < -0.3 is 9.64 Å². The van der Waals surface area contributed by atoms with Crippen molar-refractivity contribution < 1.29 is 17.9 Å².